The number of ether oxygens (including phenoxy) is 1. The Morgan fingerprint density at radius 3 is 2.41 bits per heavy atom. The highest BCUT2D eigenvalue weighted by Gasteiger charge is 1.95. The van der Waals surface area contributed by atoms with Gasteiger partial charge in [0.2, 0.25) is 0 Å². The van der Waals surface area contributed by atoms with Gasteiger partial charge >= 0.3 is 0 Å². The van der Waals surface area contributed by atoms with Gasteiger partial charge in [-0.15, -0.1) is 0 Å². The fraction of sp³-hybridized carbons (Fsp3) is 0.533. The molecule has 2 nitrogen and oxygen atoms in total. The Morgan fingerprint density at radius 2 is 1.82 bits per heavy atom. The van der Waals surface area contributed by atoms with Crippen LogP contribution in [0, 0.1) is 7.05 Å². The molecule has 0 aromatic heterocycles. The number of benzene rings is 1. The molecule has 1 aromatic rings. The van der Waals surface area contributed by atoms with Crippen LogP contribution >= 0.6 is 0 Å². The first-order valence-electron chi connectivity index (χ1n) is 6.45. The zero-order valence-electron chi connectivity index (χ0n) is 11.1. The fourth-order valence-electron chi connectivity index (χ4n) is 1.72. The highest BCUT2D eigenvalue weighted by Crippen LogP contribution is 2.13. The maximum atomic E-state index is 5.68. The smallest absolute Gasteiger partial charge is 0.119 e. The summed E-state index contributed by atoms with van der Waals surface area (Å²) < 4.78 is 5.68. The normalized spacial score (nSPS) is 10.8. The van der Waals surface area contributed by atoms with E-state index < -0.39 is 0 Å². The van der Waals surface area contributed by atoms with Crippen LogP contribution in [0.4, 0.5) is 0 Å². The lowest BCUT2D eigenvalue weighted by molar-refractivity contribution is 0.305. The molecule has 0 fully saturated rings. The first-order valence-corrected chi connectivity index (χ1v) is 6.45. The minimum Gasteiger partial charge on any atom is -0.494 e. The largest absolute Gasteiger partial charge is 0.494 e. The molecule has 0 heterocycles. The summed E-state index contributed by atoms with van der Waals surface area (Å²) in [5.41, 5.74) is 1.26. The number of hydrogen-bond donors (Lipinski definition) is 0. The lowest BCUT2D eigenvalue weighted by Crippen LogP contribution is -2.07. The minimum atomic E-state index is 0.828. The molecule has 0 radical (unpaired) electrons. The van der Waals surface area contributed by atoms with Crippen molar-refractivity contribution in [1.82, 2.24) is 4.90 Å². The molecule has 0 aliphatic carbocycles. The van der Waals surface area contributed by atoms with Crippen molar-refractivity contribution in [1.29, 1.82) is 0 Å². The van der Waals surface area contributed by atoms with Gasteiger partial charge in [0.15, 0.2) is 0 Å². The Bertz CT molecular complexity index is 292. The summed E-state index contributed by atoms with van der Waals surface area (Å²) in [5.74, 6) is 0.969. The van der Waals surface area contributed by atoms with Crippen molar-refractivity contribution in [3.05, 3.63) is 36.9 Å². The Balaban J connectivity index is 2.25. The molecule has 0 unspecified atom stereocenters. The third-order valence-corrected chi connectivity index (χ3v) is 2.64. The van der Waals surface area contributed by atoms with Crippen molar-refractivity contribution < 1.29 is 4.74 Å². The molecule has 2 heteroatoms. The average Bonchev–Trinajstić information content (AvgIpc) is 2.30. The maximum absolute atomic E-state index is 5.68. The van der Waals surface area contributed by atoms with E-state index in [1.165, 1.54) is 24.8 Å². The van der Waals surface area contributed by atoms with Crippen molar-refractivity contribution in [2.24, 2.45) is 0 Å². The summed E-state index contributed by atoms with van der Waals surface area (Å²) in [6.45, 7) is 3.92. The molecule has 0 amide bonds. The van der Waals surface area contributed by atoms with Gasteiger partial charge in [-0.2, -0.15) is 0 Å². The first kappa shape index (κ1) is 14.0. The van der Waals surface area contributed by atoms with Crippen molar-refractivity contribution in [3.8, 4) is 5.75 Å². The molecule has 0 aliphatic heterocycles. The van der Waals surface area contributed by atoms with Gasteiger partial charge < -0.3 is 9.64 Å². The molecule has 1 rings (SSSR count). The van der Waals surface area contributed by atoms with E-state index in [4.69, 9.17) is 4.74 Å². The second kappa shape index (κ2) is 8.13. The standard InChI is InChI=1S/C15H24NO/c1-4-5-6-7-12-17-15-10-8-14(9-11-15)13-16(2)3/h8-11H,2,4-7,12-13H2,1,3H3/q-1. The molecule has 96 valence electrons. The van der Waals surface area contributed by atoms with Gasteiger partial charge in [-0.3, -0.25) is 7.05 Å². The quantitative estimate of drug-likeness (QED) is 0.500. The summed E-state index contributed by atoms with van der Waals surface area (Å²) in [4.78, 5) is 1.92. The zero-order chi connectivity index (χ0) is 12.5. The van der Waals surface area contributed by atoms with Crippen LogP contribution < -0.4 is 4.74 Å². The molecule has 0 spiro atoms. The second-order valence-electron chi connectivity index (χ2n) is 4.57. The predicted octanol–water partition coefficient (Wildman–Crippen LogP) is 3.87. The third kappa shape index (κ3) is 6.32. The number of unbranched alkanes of at least 4 members (excludes halogenated alkanes) is 3. The van der Waals surface area contributed by atoms with E-state index in [9.17, 15) is 0 Å². The van der Waals surface area contributed by atoms with Crippen LogP contribution in [-0.2, 0) is 6.54 Å². The van der Waals surface area contributed by atoms with E-state index in [1.54, 1.807) is 0 Å². The molecular weight excluding hydrogens is 210 g/mol. The van der Waals surface area contributed by atoms with Crippen LogP contribution in [0.3, 0.4) is 0 Å². The Kier molecular flexibility index (Phi) is 6.71. The Labute approximate surface area is 106 Å². The van der Waals surface area contributed by atoms with Crippen molar-refractivity contribution in [2.75, 3.05) is 13.7 Å². The van der Waals surface area contributed by atoms with Crippen LogP contribution in [0.1, 0.15) is 38.2 Å². The topological polar surface area (TPSA) is 12.5 Å². The average molecular weight is 234 g/mol. The molecule has 0 N–H and O–H groups in total. The number of rotatable bonds is 8. The number of hydrogen-bond acceptors (Lipinski definition) is 2. The molecular formula is C15H24NO-. The van der Waals surface area contributed by atoms with E-state index in [0.29, 0.717) is 0 Å². The summed E-state index contributed by atoms with van der Waals surface area (Å²) >= 11 is 0. The van der Waals surface area contributed by atoms with Gasteiger partial charge in [0.1, 0.15) is 5.75 Å². The summed E-state index contributed by atoms with van der Waals surface area (Å²) in [6, 6.07) is 8.28. The number of nitrogens with zero attached hydrogens (tertiary/aromatic N) is 1. The SMILES string of the molecule is [CH2-]N(C)Cc1ccc(OCCCCCC)cc1. The molecule has 1 aromatic carbocycles. The maximum Gasteiger partial charge on any atom is 0.119 e. The second-order valence-corrected chi connectivity index (χ2v) is 4.57. The van der Waals surface area contributed by atoms with Crippen LogP contribution in [0.25, 0.3) is 0 Å². The van der Waals surface area contributed by atoms with Gasteiger partial charge in [-0.05, 0) is 37.7 Å². The van der Waals surface area contributed by atoms with E-state index in [0.717, 1.165) is 25.3 Å². The predicted molar refractivity (Wildman–Crippen MR) is 72.9 cm³/mol. The monoisotopic (exact) mass is 234 g/mol. The highest BCUT2D eigenvalue weighted by molar-refractivity contribution is 5.27. The Hall–Kier alpha value is -1.02. The molecule has 0 bridgehead atoms. The van der Waals surface area contributed by atoms with E-state index in [1.807, 2.05) is 24.1 Å². The molecule has 0 aliphatic rings. The van der Waals surface area contributed by atoms with Gasteiger partial charge in [-0.25, -0.2) is 0 Å². The Morgan fingerprint density at radius 1 is 1.12 bits per heavy atom. The van der Waals surface area contributed by atoms with Gasteiger partial charge in [0.05, 0.1) is 6.61 Å². The van der Waals surface area contributed by atoms with Crippen molar-refractivity contribution >= 4 is 0 Å². The van der Waals surface area contributed by atoms with Gasteiger partial charge in [-0.1, -0.05) is 38.3 Å². The van der Waals surface area contributed by atoms with Crippen LogP contribution in [0.15, 0.2) is 24.3 Å². The molecule has 0 saturated heterocycles. The van der Waals surface area contributed by atoms with E-state index in [2.05, 4.69) is 26.1 Å². The third-order valence-electron chi connectivity index (χ3n) is 2.64. The first-order chi connectivity index (χ1) is 8.22. The lowest BCUT2D eigenvalue weighted by atomic mass is 10.2. The van der Waals surface area contributed by atoms with Gasteiger partial charge in [0, 0.05) is 0 Å². The molecule has 0 saturated carbocycles. The van der Waals surface area contributed by atoms with Crippen molar-refractivity contribution in [3.63, 3.8) is 0 Å². The lowest BCUT2D eigenvalue weighted by Gasteiger charge is -2.17. The molecule has 17 heavy (non-hydrogen) atoms. The van der Waals surface area contributed by atoms with Crippen LogP contribution in [0.5, 0.6) is 5.75 Å². The summed E-state index contributed by atoms with van der Waals surface area (Å²) in [7, 11) is 5.81. The van der Waals surface area contributed by atoms with E-state index >= 15 is 0 Å². The van der Waals surface area contributed by atoms with Gasteiger partial charge in [0.25, 0.3) is 0 Å². The van der Waals surface area contributed by atoms with E-state index in [-0.39, 0.29) is 0 Å². The fourth-order valence-corrected chi connectivity index (χ4v) is 1.72. The minimum absolute atomic E-state index is 0.828. The highest BCUT2D eigenvalue weighted by atomic mass is 16.5. The summed E-state index contributed by atoms with van der Waals surface area (Å²) in [6.07, 6.45) is 4.99. The van der Waals surface area contributed by atoms with Crippen LogP contribution in [-0.4, -0.2) is 18.6 Å². The van der Waals surface area contributed by atoms with Crippen molar-refractivity contribution in [2.45, 2.75) is 39.2 Å². The van der Waals surface area contributed by atoms with Crippen LogP contribution in [0.2, 0.25) is 0 Å². The summed E-state index contributed by atoms with van der Waals surface area (Å²) in [5, 5.41) is 0. The molecule has 0 atom stereocenters. The zero-order valence-corrected chi connectivity index (χ0v) is 11.1.